The number of ether oxygens (including phenoxy) is 1. The van der Waals surface area contributed by atoms with Crippen molar-refractivity contribution in [3.63, 3.8) is 0 Å². The van der Waals surface area contributed by atoms with Gasteiger partial charge in [-0.3, -0.25) is 9.52 Å². The zero-order valence-electron chi connectivity index (χ0n) is 16.3. The van der Waals surface area contributed by atoms with Crippen LogP contribution in [0.1, 0.15) is 27.2 Å². The molecule has 0 atom stereocenters. The van der Waals surface area contributed by atoms with Crippen molar-refractivity contribution in [3.05, 3.63) is 48.0 Å². The lowest BCUT2D eigenvalue weighted by atomic mass is 9.93. The highest BCUT2D eigenvalue weighted by Gasteiger charge is 2.37. The van der Waals surface area contributed by atoms with Gasteiger partial charge in [-0.05, 0) is 50.6 Å². The smallest absolute Gasteiger partial charge is 0.264 e. The van der Waals surface area contributed by atoms with Crippen LogP contribution >= 0.6 is 0 Å². The first-order valence-corrected chi connectivity index (χ1v) is 10.6. The Kier molecular flexibility index (Phi) is 5.53. The lowest BCUT2D eigenvalue weighted by Crippen LogP contribution is -2.42. The lowest BCUT2D eigenvalue weighted by Gasteiger charge is -2.27. The van der Waals surface area contributed by atoms with Crippen LogP contribution in [0.25, 0.3) is 0 Å². The van der Waals surface area contributed by atoms with Gasteiger partial charge >= 0.3 is 0 Å². The van der Waals surface area contributed by atoms with Gasteiger partial charge in [0.1, 0.15) is 28.9 Å². The number of anilines is 2. The molecule has 1 N–H and O–H groups in total. The van der Waals surface area contributed by atoms with Crippen LogP contribution in [0.5, 0.6) is 5.75 Å². The third kappa shape index (κ3) is 4.19. The zero-order valence-corrected chi connectivity index (χ0v) is 17.1. The summed E-state index contributed by atoms with van der Waals surface area (Å²) in [7, 11) is -4.36. The molecule has 0 fully saturated rings. The van der Waals surface area contributed by atoms with Crippen LogP contribution in [0.15, 0.2) is 41.3 Å². The maximum Gasteiger partial charge on any atom is 0.264 e. The second-order valence-electron chi connectivity index (χ2n) is 7.49. The van der Waals surface area contributed by atoms with E-state index >= 15 is 0 Å². The maximum atomic E-state index is 13.9. The second kappa shape index (κ2) is 7.62. The van der Waals surface area contributed by atoms with Crippen molar-refractivity contribution in [2.45, 2.75) is 32.1 Å². The van der Waals surface area contributed by atoms with E-state index in [2.05, 4.69) is 4.72 Å². The van der Waals surface area contributed by atoms with Gasteiger partial charge in [0, 0.05) is 12.6 Å². The number of hydrogen-bond acceptors (Lipinski definition) is 4. The fourth-order valence-electron chi connectivity index (χ4n) is 3.05. The summed E-state index contributed by atoms with van der Waals surface area (Å²) in [6, 6.07) is 6.66. The van der Waals surface area contributed by atoms with E-state index in [9.17, 15) is 22.0 Å². The maximum absolute atomic E-state index is 13.9. The van der Waals surface area contributed by atoms with Gasteiger partial charge in [0.25, 0.3) is 10.0 Å². The third-order valence-electron chi connectivity index (χ3n) is 4.55. The molecule has 2 aromatic rings. The Morgan fingerprint density at radius 3 is 2.59 bits per heavy atom. The monoisotopic (exact) mass is 424 g/mol. The number of rotatable bonds is 5. The van der Waals surface area contributed by atoms with E-state index in [1.165, 1.54) is 12.1 Å². The number of sulfonamides is 1. The van der Waals surface area contributed by atoms with Crippen molar-refractivity contribution in [3.8, 4) is 5.75 Å². The Bertz CT molecular complexity index is 1050. The van der Waals surface area contributed by atoms with E-state index in [0.29, 0.717) is 24.0 Å². The summed E-state index contributed by atoms with van der Waals surface area (Å²) in [5.74, 6) is -1.69. The van der Waals surface area contributed by atoms with Crippen molar-refractivity contribution in [1.29, 1.82) is 0 Å². The van der Waals surface area contributed by atoms with Gasteiger partial charge in [-0.25, -0.2) is 17.2 Å². The number of amides is 1. The molecule has 0 unspecified atom stereocenters. The summed E-state index contributed by atoms with van der Waals surface area (Å²) < 4.78 is 60.3. The third-order valence-corrected chi connectivity index (χ3v) is 5.94. The number of nitrogens with zero attached hydrogens (tertiary/aromatic N) is 1. The summed E-state index contributed by atoms with van der Waals surface area (Å²) in [6.07, 6.45) is 0.731. The summed E-state index contributed by atoms with van der Waals surface area (Å²) in [4.78, 5) is 13.7. The van der Waals surface area contributed by atoms with Gasteiger partial charge < -0.3 is 9.64 Å². The van der Waals surface area contributed by atoms with Crippen LogP contribution in [-0.2, 0) is 14.8 Å². The standard InChI is InChI=1S/C20H22F2N2O4S/c1-4-9-24-16-8-6-14(11-17(16)28-12-20(2,3)19(24)25)23-29(26,27)18-10-13(21)5-7-15(18)22/h5-8,10-11,23H,4,9,12H2,1-3H3. The number of halogens is 2. The predicted octanol–water partition coefficient (Wildman–Crippen LogP) is 3.93. The normalized spacial score (nSPS) is 16.0. The van der Waals surface area contributed by atoms with Crippen LogP contribution < -0.4 is 14.4 Å². The summed E-state index contributed by atoms with van der Waals surface area (Å²) in [5.41, 5.74) is -0.114. The molecule has 1 heterocycles. The van der Waals surface area contributed by atoms with Crippen molar-refractivity contribution in [1.82, 2.24) is 0 Å². The molecule has 1 amide bonds. The van der Waals surface area contributed by atoms with Gasteiger partial charge in [-0.15, -0.1) is 0 Å². The molecule has 156 valence electrons. The van der Waals surface area contributed by atoms with Crippen molar-refractivity contribution < 1.29 is 26.7 Å². The molecular weight excluding hydrogens is 402 g/mol. The quantitative estimate of drug-likeness (QED) is 0.789. The lowest BCUT2D eigenvalue weighted by molar-refractivity contribution is -0.127. The SMILES string of the molecule is CCCN1C(=O)C(C)(C)COc2cc(NS(=O)(=O)c3cc(F)ccc3F)ccc21. The molecule has 0 bridgehead atoms. The Labute approximate surface area is 168 Å². The number of carbonyl (C=O) groups is 1. The minimum Gasteiger partial charge on any atom is -0.490 e. The first-order valence-electron chi connectivity index (χ1n) is 9.12. The summed E-state index contributed by atoms with van der Waals surface area (Å²) >= 11 is 0. The van der Waals surface area contributed by atoms with E-state index in [1.54, 1.807) is 24.8 Å². The predicted molar refractivity (Wildman–Crippen MR) is 106 cm³/mol. The molecule has 3 rings (SSSR count). The Hall–Kier alpha value is -2.68. The average Bonchev–Trinajstić information content (AvgIpc) is 2.74. The highest BCUT2D eigenvalue weighted by molar-refractivity contribution is 7.92. The van der Waals surface area contributed by atoms with Crippen LogP contribution in [0.4, 0.5) is 20.2 Å². The van der Waals surface area contributed by atoms with Crippen LogP contribution in [0.2, 0.25) is 0 Å². The molecule has 1 aliphatic rings. The van der Waals surface area contributed by atoms with E-state index in [4.69, 9.17) is 4.74 Å². The average molecular weight is 424 g/mol. The minimum absolute atomic E-state index is 0.0896. The van der Waals surface area contributed by atoms with Gasteiger partial charge in [-0.2, -0.15) is 0 Å². The number of carbonyl (C=O) groups excluding carboxylic acids is 1. The van der Waals surface area contributed by atoms with E-state index < -0.39 is 32.0 Å². The van der Waals surface area contributed by atoms with Gasteiger partial charge in [0.2, 0.25) is 5.91 Å². The first kappa shape index (κ1) is 21.0. The minimum atomic E-state index is -4.36. The van der Waals surface area contributed by atoms with Gasteiger partial charge in [0.05, 0.1) is 16.8 Å². The van der Waals surface area contributed by atoms with Gasteiger partial charge in [0.15, 0.2) is 0 Å². The van der Waals surface area contributed by atoms with Crippen LogP contribution in [0, 0.1) is 17.0 Å². The molecule has 0 saturated heterocycles. The van der Waals surface area contributed by atoms with Crippen LogP contribution in [0.3, 0.4) is 0 Å². The molecule has 1 aliphatic heterocycles. The highest BCUT2D eigenvalue weighted by atomic mass is 32.2. The molecule has 0 spiro atoms. The first-order chi connectivity index (χ1) is 13.5. The van der Waals surface area contributed by atoms with Crippen molar-refractivity contribution >= 4 is 27.3 Å². The number of hydrogen-bond donors (Lipinski definition) is 1. The summed E-state index contributed by atoms with van der Waals surface area (Å²) in [5, 5.41) is 0. The second-order valence-corrected chi connectivity index (χ2v) is 9.14. The van der Waals surface area contributed by atoms with E-state index in [-0.39, 0.29) is 18.2 Å². The van der Waals surface area contributed by atoms with Crippen molar-refractivity contribution in [2.75, 3.05) is 22.8 Å². The number of nitrogens with one attached hydrogen (secondary N) is 1. The molecular formula is C20H22F2N2O4S. The topological polar surface area (TPSA) is 75.7 Å². The van der Waals surface area contributed by atoms with Crippen LogP contribution in [-0.4, -0.2) is 27.5 Å². The molecule has 0 aliphatic carbocycles. The molecule has 0 aromatic heterocycles. The Balaban J connectivity index is 1.98. The van der Waals surface area contributed by atoms with Gasteiger partial charge in [-0.1, -0.05) is 6.92 Å². The van der Waals surface area contributed by atoms with E-state index in [1.807, 2.05) is 6.92 Å². The zero-order chi connectivity index (χ0) is 21.4. The fraction of sp³-hybridized carbons (Fsp3) is 0.350. The molecule has 0 saturated carbocycles. The molecule has 6 nitrogen and oxygen atoms in total. The molecule has 9 heteroatoms. The highest BCUT2D eigenvalue weighted by Crippen LogP contribution is 2.38. The number of fused-ring (bicyclic) bond motifs is 1. The molecule has 0 radical (unpaired) electrons. The Morgan fingerprint density at radius 2 is 1.90 bits per heavy atom. The fourth-order valence-corrected chi connectivity index (χ4v) is 4.19. The number of benzene rings is 2. The molecule has 2 aromatic carbocycles. The summed E-state index contributed by atoms with van der Waals surface area (Å²) in [6.45, 7) is 6.11. The van der Waals surface area contributed by atoms with E-state index in [0.717, 1.165) is 18.6 Å². The molecule has 29 heavy (non-hydrogen) atoms. The largest absolute Gasteiger partial charge is 0.490 e. The van der Waals surface area contributed by atoms with Crippen molar-refractivity contribution in [2.24, 2.45) is 5.41 Å². The Morgan fingerprint density at radius 1 is 1.17 bits per heavy atom.